The first kappa shape index (κ1) is 13.0. The molecule has 1 N–H and O–H groups in total. The lowest BCUT2D eigenvalue weighted by Gasteiger charge is -2.00. The SMILES string of the molecule is C=CCOC(=O)Nc1nc(C(=O)CC=O)cs1. The Kier molecular flexibility index (Phi) is 5.02. The number of hydrogen-bond donors (Lipinski definition) is 1. The monoisotopic (exact) mass is 254 g/mol. The Morgan fingerprint density at radius 2 is 2.35 bits per heavy atom. The molecule has 1 heterocycles. The zero-order valence-electron chi connectivity index (χ0n) is 8.84. The minimum Gasteiger partial charge on any atom is -0.445 e. The second-order valence-corrected chi connectivity index (χ2v) is 3.70. The molecule has 1 amide bonds. The van der Waals surface area contributed by atoms with Gasteiger partial charge in [0.15, 0.2) is 10.9 Å². The summed E-state index contributed by atoms with van der Waals surface area (Å²) in [6.07, 6.45) is 1.05. The number of nitrogens with zero attached hydrogens (tertiary/aromatic N) is 1. The van der Waals surface area contributed by atoms with Gasteiger partial charge < -0.3 is 9.53 Å². The van der Waals surface area contributed by atoms with Crippen LogP contribution < -0.4 is 5.32 Å². The minimum atomic E-state index is -0.673. The number of amides is 1. The molecular weight excluding hydrogens is 244 g/mol. The number of thiazole rings is 1. The van der Waals surface area contributed by atoms with E-state index in [0.717, 1.165) is 11.3 Å². The molecule has 0 aliphatic carbocycles. The van der Waals surface area contributed by atoms with Crippen LogP contribution in [0.4, 0.5) is 9.93 Å². The highest BCUT2D eigenvalue weighted by Crippen LogP contribution is 2.16. The second kappa shape index (κ2) is 6.54. The summed E-state index contributed by atoms with van der Waals surface area (Å²) in [5.74, 6) is -0.385. The molecule has 0 atom stereocenters. The third-order valence-electron chi connectivity index (χ3n) is 1.60. The van der Waals surface area contributed by atoms with Crippen LogP contribution in [0.1, 0.15) is 16.9 Å². The van der Waals surface area contributed by atoms with Gasteiger partial charge in [-0.3, -0.25) is 10.1 Å². The molecule has 1 rings (SSSR count). The molecule has 1 aromatic rings. The van der Waals surface area contributed by atoms with Crippen molar-refractivity contribution >= 4 is 34.6 Å². The average molecular weight is 254 g/mol. The van der Waals surface area contributed by atoms with E-state index in [9.17, 15) is 14.4 Å². The molecule has 0 unspecified atom stereocenters. The van der Waals surface area contributed by atoms with E-state index in [2.05, 4.69) is 21.6 Å². The maximum absolute atomic E-state index is 11.3. The summed E-state index contributed by atoms with van der Waals surface area (Å²) in [5.41, 5.74) is 0.154. The zero-order valence-corrected chi connectivity index (χ0v) is 9.66. The summed E-state index contributed by atoms with van der Waals surface area (Å²) in [6.45, 7) is 3.48. The van der Waals surface area contributed by atoms with Crippen LogP contribution in [0.5, 0.6) is 0 Å². The first-order chi connectivity index (χ1) is 8.17. The fourth-order valence-corrected chi connectivity index (χ4v) is 1.60. The van der Waals surface area contributed by atoms with Crippen molar-refractivity contribution in [3.63, 3.8) is 0 Å². The van der Waals surface area contributed by atoms with E-state index >= 15 is 0 Å². The zero-order chi connectivity index (χ0) is 12.7. The number of aromatic nitrogens is 1. The van der Waals surface area contributed by atoms with Crippen LogP contribution in [0, 0.1) is 0 Å². The molecule has 0 saturated heterocycles. The Bertz CT molecular complexity index is 441. The van der Waals surface area contributed by atoms with Crippen LogP contribution >= 0.6 is 11.3 Å². The molecule has 0 aliphatic heterocycles. The molecule has 0 fully saturated rings. The van der Waals surface area contributed by atoms with Crippen molar-refractivity contribution in [3.8, 4) is 0 Å². The van der Waals surface area contributed by atoms with Crippen molar-refractivity contribution in [3.05, 3.63) is 23.7 Å². The fourth-order valence-electron chi connectivity index (χ4n) is 0.897. The van der Waals surface area contributed by atoms with Crippen molar-refractivity contribution in [1.82, 2.24) is 4.98 Å². The molecule has 90 valence electrons. The first-order valence-corrected chi connectivity index (χ1v) is 5.52. The molecule has 1 aromatic heterocycles. The summed E-state index contributed by atoms with van der Waals surface area (Å²) in [6, 6.07) is 0. The molecule has 7 heteroatoms. The lowest BCUT2D eigenvalue weighted by atomic mass is 10.2. The van der Waals surface area contributed by atoms with E-state index in [1.165, 1.54) is 11.5 Å². The van der Waals surface area contributed by atoms with E-state index < -0.39 is 6.09 Å². The number of carbonyl (C=O) groups is 3. The number of nitrogens with one attached hydrogen (secondary N) is 1. The van der Waals surface area contributed by atoms with Crippen molar-refractivity contribution in [2.45, 2.75) is 6.42 Å². The van der Waals surface area contributed by atoms with E-state index in [0.29, 0.717) is 6.29 Å². The third kappa shape index (κ3) is 4.15. The molecular formula is C10H10N2O4S. The number of Topliss-reactive ketones (excluding diaryl/α,β-unsaturated/α-hetero) is 1. The largest absolute Gasteiger partial charge is 0.445 e. The molecule has 6 nitrogen and oxygen atoms in total. The quantitative estimate of drug-likeness (QED) is 0.361. The highest BCUT2D eigenvalue weighted by molar-refractivity contribution is 7.14. The van der Waals surface area contributed by atoms with Gasteiger partial charge >= 0.3 is 6.09 Å². The van der Waals surface area contributed by atoms with Gasteiger partial charge in [-0.25, -0.2) is 9.78 Å². The Hall–Kier alpha value is -2.02. The summed E-state index contributed by atoms with van der Waals surface area (Å²) in [7, 11) is 0. The van der Waals surface area contributed by atoms with E-state index in [4.69, 9.17) is 0 Å². The van der Waals surface area contributed by atoms with Crippen LogP contribution in [0.3, 0.4) is 0 Å². The Morgan fingerprint density at radius 3 is 3.00 bits per heavy atom. The predicted molar refractivity (Wildman–Crippen MR) is 62.3 cm³/mol. The second-order valence-electron chi connectivity index (χ2n) is 2.84. The molecule has 0 aromatic carbocycles. The summed E-state index contributed by atoms with van der Waals surface area (Å²) >= 11 is 1.08. The highest BCUT2D eigenvalue weighted by Gasteiger charge is 2.12. The number of anilines is 1. The lowest BCUT2D eigenvalue weighted by Crippen LogP contribution is -2.13. The maximum Gasteiger partial charge on any atom is 0.413 e. The molecule has 0 bridgehead atoms. The van der Waals surface area contributed by atoms with Crippen LogP contribution in [0.25, 0.3) is 0 Å². The van der Waals surface area contributed by atoms with Crippen molar-refractivity contribution in [2.75, 3.05) is 11.9 Å². The molecule has 0 saturated carbocycles. The number of rotatable bonds is 6. The topological polar surface area (TPSA) is 85.4 Å². The molecule has 17 heavy (non-hydrogen) atoms. The smallest absolute Gasteiger partial charge is 0.413 e. The molecule has 0 radical (unpaired) electrons. The van der Waals surface area contributed by atoms with Gasteiger partial charge in [-0.1, -0.05) is 12.7 Å². The number of ether oxygens (including phenoxy) is 1. The van der Waals surface area contributed by atoms with Crippen LogP contribution in [0.15, 0.2) is 18.0 Å². The van der Waals surface area contributed by atoms with Gasteiger partial charge in [-0.2, -0.15) is 0 Å². The third-order valence-corrected chi connectivity index (χ3v) is 2.36. The maximum atomic E-state index is 11.3. The summed E-state index contributed by atoms with van der Waals surface area (Å²) < 4.78 is 4.67. The number of aldehydes is 1. The van der Waals surface area contributed by atoms with Gasteiger partial charge in [0.05, 0.1) is 6.42 Å². The first-order valence-electron chi connectivity index (χ1n) is 4.64. The van der Waals surface area contributed by atoms with Crippen LogP contribution in [-0.4, -0.2) is 29.8 Å². The van der Waals surface area contributed by atoms with Gasteiger partial charge in [-0.05, 0) is 0 Å². The van der Waals surface area contributed by atoms with Gasteiger partial charge in [0.2, 0.25) is 0 Å². The Morgan fingerprint density at radius 1 is 1.59 bits per heavy atom. The van der Waals surface area contributed by atoms with Gasteiger partial charge in [0.25, 0.3) is 0 Å². The summed E-state index contributed by atoms with van der Waals surface area (Å²) in [5, 5.41) is 4.06. The number of hydrogen-bond acceptors (Lipinski definition) is 6. The average Bonchev–Trinajstić information content (AvgIpc) is 2.75. The minimum absolute atomic E-state index is 0.0914. The molecule has 0 aliphatic rings. The Labute approximate surface area is 101 Å². The number of ketones is 1. The van der Waals surface area contributed by atoms with Gasteiger partial charge in [0, 0.05) is 5.38 Å². The summed E-state index contributed by atoms with van der Waals surface area (Å²) in [4.78, 5) is 36.4. The predicted octanol–water partition coefficient (Wildman–Crippen LogP) is 1.65. The Balaban J connectivity index is 2.56. The van der Waals surface area contributed by atoms with E-state index in [1.807, 2.05) is 0 Å². The van der Waals surface area contributed by atoms with Crippen LogP contribution in [-0.2, 0) is 9.53 Å². The van der Waals surface area contributed by atoms with Crippen LogP contribution in [0.2, 0.25) is 0 Å². The normalized spacial score (nSPS) is 9.41. The van der Waals surface area contributed by atoms with E-state index in [1.54, 1.807) is 0 Å². The highest BCUT2D eigenvalue weighted by atomic mass is 32.1. The number of carbonyl (C=O) groups excluding carboxylic acids is 3. The standard InChI is InChI=1S/C10H10N2O4S/c1-2-5-16-10(15)12-9-11-7(6-17-9)8(14)3-4-13/h2,4,6H,1,3,5H2,(H,11,12,15). The van der Waals surface area contributed by atoms with E-state index in [-0.39, 0.29) is 29.6 Å². The lowest BCUT2D eigenvalue weighted by molar-refractivity contribution is -0.107. The van der Waals surface area contributed by atoms with Crippen molar-refractivity contribution in [2.24, 2.45) is 0 Å². The van der Waals surface area contributed by atoms with Crippen molar-refractivity contribution in [1.29, 1.82) is 0 Å². The van der Waals surface area contributed by atoms with Gasteiger partial charge in [-0.15, -0.1) is 11.3 Å². The molecule has 0 spiro atoms. The van der Waals surface area contributed by atoms with Gasteiger partial charge in [0.1, 0.15) is 18.6 Å². The van der Waals surface area contributed by atoms with Crippen molar-refractivity contribution < 1.29 is 19.1 Å². The fraction of sp³-hybridized carbons (Fsp3) is 0.200.